The summed E-state index contributed by atoms with van der Waals surface area (Å²) in [6, 6.07) is 16.9. The molecule has 0 saturated heterocycles. The van der Waals surface area contributed by atoms with E-state index in [9.17, 15) is 5.11 Å². The summed E-state index contributed by atoms with van der Waals surface area (Å²) in [4.78, 5) is 3.90. The summed E-state index contributed by atoms with van der Waals surface area (Å²) in [6.45, 7) is 0.215. The first kappa shape index (κ1) is 13.3. The van der Waals surface area contributed by atoms with Gasteiger partial charge < -0.3 is 9.84 Å². The van der Waals surface area contributed by atoms with Gasteiger partial charge in [-0.3, -0.25) is 0 Å². The fourth-order valence-corrected chi connectivity index (χ4v) is 1.98. The van der Waals surface area contributed by atoms with Gasteiger partial charge in [0.1, 0.15) is 31.1 Å². The molecule has 3 rings (SSSR count). The Kier molecular flexibility index (Phi) is 3.93. The molecule has 5 heteroatoms. The number of nitrogens with zero attached hydrogens (tertiary/aromatic N) is 3. The monoisotopic (exact) mass is 281 g/mol. The minimum Gasteiger partial charge on any atom is -0.491 e. The fourth-order valence-electron chi connectivity index (χ4n) is 1.98. The lowest BCUT2D eigenvalue weighted by Gasteiger charge is -2.13. The van der Waals surface area contributed by atoms with Crippen LogP contribution in [0.1, 0.15) is 11.7 Å². The van der Waals surface area contributed by atoms with Gasteiger partial charge in [-0.1, -0.05) is 30.3 Å². The third kappa shape index (κ3) is 3.27. The van der Waals surface area contributed by atoms with Crippen LogP contribution in [0, 0.1) is 0 Å². The van der Waals surface area contributed by atoms with E-state index in [2.05, 4.69) is 10.1 Å². The molecule has 0 unspecified atom stereocenters. The van der Waals surface area contributed by atoms with E-state index in [0.717, 1.165) is 11.3 Å². The van der Waals surface area contributed by atoms with Gasteiger partial charge in [0.2, 0.25) is 0 Å². The van der Waals surface area contributed by atoms with Gasteiger partial charge in [-0.2, -0.15) is 5.10 Å². The molecule has 21 heavy (non-hydrogen) atoms. The quantitative estimate of drug-likeness (QED) is 0.780. The Morgan fingerprint density at radius 2 is 1.81 bits per heavy atom. The van der Waals surface area contributed by atoms with Crippen molar-refractivity contribution in [2.45, 2.75) is 6.10 Å². The molecule has 3 aromatic rings. The smallest absolute Gasteiger partial charge is 0.138 e. The number of ether oxygens (including phenoxy) is 1. The topological polar surface area (TPSA) is 60.2 Å². The maximum atomic E-state index is 10.0. The van der Waals surface area contributed by atoms with Crippen LogP contribution < -0.4 is 4.74 Å². The largest absolute Gasteiger partial charge is 0.491 e. The van der Waals surface area contributed by atoms with Gasteiger partial charge in [0.15, 0.2) is 0 Å². The number of benzene rings is 2. The predicted octanol–water partition coefficient (Wildman–Crippen LogP) is 2.38. The Labute approximate surface area is 122 Å². The summed E-state index contributed by atoms with van der Waals surface area (Å²) in [6.07, 6.45) is 2.48. The van der Waals surface area contributed by atoms with E-state index in [0.29, 0.717) is 5.75 Å². The van der Waals surface area contributed by atoms with Crippen molar-refractivity contribution in [1.82, 2.24) is 14.8 Å². The molecule has 0 bridgehead atoms. The molecule has 1 atom stereocenters. The number of hydrogen-bond donors (Lipinski definition) is 1. The fraction of sp³-hybridized carbons (Fsp3) is 0.125. The molecule has 5 nitrogen and oxygen atoms in total. The highest BCUT2D eigenvalue weighted by atomic mass is 16.5. The number of aliphatic hydroxyl groups excluding tert-OH is 1. The first-order valence-corrected chi connectivity index (χ1v) is 6.64. The van der Waals surface area contributed by atoms with Gasteiger partial charge in [0, 0.05) is 0 Å². The van der Waals surface area contributed by atoms with Crippen LogP contribution in [0.25, 0.3) is 5.69 Å². The number of aromatic nitrogens is 3. The summed E-state index contributed by atoms with van der Waals surface area (Å²) in [5, 5.41) is 14.1. The molecule has 1 aromatic heterocycles. The van der Waals surface area contributed by atoms with Crippen LogP contribution in [0.5, 0.6) is 5.75 Å². The molecule has 1 heterocycles. The van der Waals surface area contributed by atoms with E-state index in [1.807, 2.05) is 54.6 Å². The molecule has 0 radical (unpaired) electrons. The van der Waals surface area contributed by atoms with Crippen LogP contribution in [-0.4, -0.2) is 26.5 Å². The van der Waals surface area contributed by atoms with E-state index in [1.54, 1.807) is 11.0 Å². The van der Waals surface area contributed by atoms with Gasteiger partial charge in [0.05, 0.1) is 5.69 Å². The van der Waals surface area contributed by atoms with Crippen molar-refractivity contribution in [3.05, 3.63) is 72.8 Å². The second kappa shape index (κ2) is 6.19. The minimum absolute atomic E-state index is 0.215. The number of hydrogen-bond acceptors (Lipinski definition) is 4. The zero-order valence-corrected chi connectivity index (χ0v) is 11.3. The van der Waals surface area contributed by atoms with Crippen molar-refractivity contribution in [3.63, 3.8) is 0 Å². The molecule has 0 aliphatic rings. The second-order valence-corrected chi connectivity index (χ2v) is 4.57. The number of rotatable bonds is 5. The van der Waals surface area contributed by atoms with Crippen LogP contribution >= 0.6 is 0 Å². The van der Waals surface area contributed by atoms with Gasteiger partial charge in [-0.05, 0) is 29.8 Å². The Bertz CT molecular complexity index is 667. The average molecular weight is 281 g/mol. The lowest BCUT2D eigenvalue weighted by molar-refractivity contribution is 0.108. The predicted molar refractivity (Wildman–Crippen MR) is 78.3 cm³/mol. The summed E-state index contributed by atoms with van der Waals surface area (Å²) in [5.74, 6) is 0.703. The molecule has 0 fully saturated rings. The van der Waals surface area contributed by atoms with Crippen molar-refractivity contribution in [3.8, 4) is 11.4 Å². The maximum Gasteiger partial charge on any atom is 0.138 e. The molecule has 1 N–H and O–H groups in total. The van der Waals surface area contributed by atoms with Crippen molar-refractivity contribution >= 4 is 0 Å². The lowest BCUT2D eigenvalue weighted by Crippen LogP contribution is -2.09. The minimum atomic E-state index is -0.638. The molecule has 0 amide bonds. The second-order valence-electron chi connectivity index (χ2n) is 4.57. The summed E-state index contributed by atoms with van der Waals surface area (Å²) >= 11 is 0. The van der Waals surface area contributed by atoms with E-state index in [4.69, 9.17) is 4.74 Å². The van der Waals surface area contributed by atoms with Crippen molar-refractivity contribution in [1.29, 1.82) is 0 Å². The van der Waals surface area contributed by atoms with E-state index < -0.39 is 6.10 Å². The van der Waals surface area contributed by atoms with Gasteiger partial charge in [0.25, 0.3) is 0 Å². The highest BCUT2D eigenvalue weighted by Gasteiger charge is 2.07. The van der Waals surface area contributed by atoms with E-state index >= 15 is 0 Å². The van der Waals surface area contributed by atoms with Crippen molar-refractivity contribution < 1.29 is 9.84 Å². The Morgan fingerprint density at radius 3 is 2.48 bits per heavy atom. The molecule has 0 saturated carbocycles. The third-order valence-electron chi connectivity index (χ3n) is 3.11. The molecule has 0 aliphatic heterocycles. The highest BCUT2D eigenvalue weighted by Crippen LogP contribution is 2.18. The normalized spacial score (nSPS) is 12.0. The van der Waals surface area contributed by atoms with Gasteiger partial charge >= 0.3 is 0 Å². The van der Waals surface area contributed by atoms with E-state index in [-0.39, 0.29) is 6.61 Å². The summed E-state index contributed by atoms with van der Waals surface area (Å²) < 4.78 is 7.27. The molecular weight excluding hydrogens is 266 g/mol. The molecule has 2 aromatic carbocycles. The number of aliphatic hydroxyl groups is 1. The zero-order valence-electron chi connectivity index (χ0n) is 11.3. The summed E-state index contributed by atoms with van der Waals surface area (Å²) in [5.41, 5.74) is 1.75. The highest BCUT2D eigenvalue weighted by molar-refractivity contribution is 5.36. The Balaban J connectivity index is 1.61. The molecule has 0 aliphatic carbocycles. The zero-order chi connectivity index (χ0) is 14.5. The van der Waals surface area contributed by atoms with E-state index in [1.165, 1.54) is 6.33 Å². The Hall–Kier alpha value is -2.66. The molecule has 106 valence electrons. The third-order valence-corrected chi connectivity index (χ3v) is 3.11. The van der Waals surface area contributed by atoms with Crippen molar-refractivity contribution in [2.24, 2.45) is 0 Å². The first-order chi connectivity index (χ1) is 10.3. The first-order valence-electron chi connectivity index (χ1n) is 6.64. The standard InChI is InChI=1S/C16H15N3O2/c20-16(13-4-2-1-3-5-13)10-21-15-8-6-14(7-9-15)19-12-17-11-18-19/h1-9,11-12,16,20H,10H2/t16-/m1/s1. The van der Waals surface area contributed by atoms with Crippen LogP contribution in [-0.2, 0) is 0 Å². The average Bonchev–Trinajstić information content (AvgIpc) is 3.08. The molecular formula is C16H15N3O2. The Morgan fingerprint density at radius 1 is 1.05 bits per heavy atom. The van der Waals surface area contributed by atoms with Gasteiger partial charge in [-0.15, -0.1) is 0 Å². The van der Waals surface area contributed by atoms with Crippen molar-refractivity contribution in [2.75, 3.05) is 6.61 Å². The summed E-state index contributed by atoms with van der Waals surface area (Å²) in [7, 11) is 0. The lowest BCUT2D eigenvalue weighted by atomic mass is 10.1. The molecule has 0 spiro atoms. The van der Waals surface area contributed by atoms with Gasteiger partial charge in [-0.25, -0.2) is 9.67 Å². The SMILES string of the molecule is O[C@H](COc1ccc(-n2cncn2)cc1)c1ccccc1. The van der Waals surface area contributed by atoms with Crippen LogP contribution in [0.2, 0.25) is 0 Å². The van der Waals surface area contributed by atoms with Crippen LogP contribution in [0.4, 0.5) is 0 Å². The maximum absolute atomic E-state index is 10.0. The van der Waals surface area contributed by atoms with Crippen LogP contribution in [0.15, 0.2) is 67.3 Å². The van der Waals surface area contributed by atoms with Crippen LogP contribution in [0.3, 0.4) is 0 Å².